The zero-order valence-electron chi connectivity index (χ0n) is 18.0. The predicted molar refractivity (Wildman–Crippen MR) is 132 cm³/mol. The Morgan fingerprint density at radius 2 is 1.64 bits per heavy atom. The molecule has 14 heteroatoms. The third-order valence-electron chi connectivity index (χ3n) is 4.66. The third kappa shape index (κ3) is 5.62. The summed E-state index contributed by atoms with van der Waals surface area (Å²) >= 11 is 11.6. The Balaban J connectivity index is 0.000000338. The molecule has 2 aromatic carbocycles. The second kappa shape index (κ2) is 10.7. The number of hydrogen-bond donors (Lipinski definition) is 2. The van der Waals surface area contributed by atoms with Crippen molar-refractivity contribution >= 4 is 56.0 Å². The van der Waals surface area contributed by atoms with E-state index in [1.807, 2.05) is 0 Å². The van der Waals surface area contributed by atoms with Crippen LogP contribution in [0.4, 0.5) is 0 Å². The van der Waals surface area contributed by atoms with Gasteiger partial charge in [0.15, 0.2) is 0 Å². The normalized spacial score (nSPS) is 10.9. The molecule has 0 aliphatic rings. The van der Waals surface area contributed by atoms with Crippen LogP contribution in [0.2, 0.25) is 10.0 Å². The molecule has 186 valence electrons. The number of fused-ring (bicyclic) bond motifs is 1. The van der Waals surface area contributed by atoms with Crippen LogP contribution in [-0.2, 0) is 21.4 Å². The molecule has 4 aromatic rings. The van der Waals surface area contributed by atoms with Crippen LogP contribution in [0.15, 0.2) is 81.5 Å². The van der Waals surface area contributed by atoms with E-state index in [-0.39, 0.29) is 29.8 Å². The fraction of sp³-hybridized carbons (Fsp3) is 0.0455. The highest BCUT2D eigenvalue weighted by Gasteiger charge is 2.26. The molecule has 0 spiro atoms. The number of pyridine rings is 1. The second-order valence-corrected chi connectivity index (χ2v) is 9.72. The minimum Gasteiger partial charge on any atom is -0.480 e. The predicted octanol–water partition coefficient (Wildman–Crippen LogP) is 1.97. The lowest BCUT2D eigenvalue weighted by Crippen LogP contribution is -2.44. The summed E-state index contributed by atoms with van der Waals surface area (Å²) in [4.78, 5) is 50.4. The molecule has 1 amide bonds. The first-order valence-electron chi connectivity index (χ1n) is 9.81. The quantitative estimate of drug-likeness (QED) is 0.379. The molecule has 0 bridgehead atoms. The summed E-state index contributed by atoms with van der Waals surface area (Å²) in [6, 6.07) is 11.9. The number of carbonyl (C=O) groups excluding carboxylic acids is 1. The molecular formula is C22H16Cl2N4O7S. The van der Waals surface area contributed by atoms with Gasteiger partial charge in [-0.2, -0.15) is 0 Å². The van der Waals surface area contributed by atoms with Gasteiger partial charge >= 0.3 is 11.7 Å². The highest BCUT2D eigenvalue weighted by molar-refractivity contribution is 7.90. The summed E-state index contributed by atoms with van der Waals surface area (Å²) in [6.45, 7) is -0.855. The second-order valence-electron chi connectivity index (χ2n) is 7.06. The van der Waals surface area contributed by atoms with Crippen LogP contribution in [-0.4, -0.2) is 38.9 Å². The van der Waals surface area contributed by atoms with E-state index in [4.69, 9.17) is 34.0 Å². The van der Waals surface area contributed by atoms with Gasteiger partial charge in [0.2, 0.25) is 5.91 Å². The van der Waals surface area contributed by atoms with Gasteiger partial charge < -0.3 is 10.8 Å². The Kier molecular flexibility index (Phi) is 7.93. The Labute approximate surface area is 213 Å². The van der Waals surface area contributed by atoms with E-state index in [0.717, 1.165) is 12.1 Å². The van der Waals surface area contributed by atoms with Gasteiger partial charge in [0, 0.05) is 22.4 Å². The smallest absolute Gasteiger partial charge is 0.346 e. The van der Waals surface area contributed by atoms with Crippen molar-refractivity contribution in [2.45, 2.75) is 11.4 Å². The summed E-state index contributed by atoms with van der Waals surface area (Å²) in [6.07, 6.45) is 3.02. The number of nitrogens with zero attached hydrogens (tertiary/aromatic N) is 3. The summed E-state index contributed by atoms with van der Waals surface area (Å²) in [5.74, 6) is -1.84. The minimum absolute atomic E-state index is 0.0371. The lowest BCUT2D eigenvalue weighted by molar-refractivity contribution is -0.137. The molecule has 0 atom stereocenters. The summed E-state index contributed by atoms with van der Waals surface area (Å²) in [5, 5.41) is 9.33. The molecule has 0 saturated carbocycles. The highest BCUT2D eigenvalue weighted by atomic mass is 35.5. The standard InChI is InChI=1S/C16H10Cl2N2O6S.C6H6N2O/c17-9-1-4-11(5-2-9)27(25,26)20-15(23)12-6-3-10(18)7-13(12)19(16(20)24)8-14(21)22;7-6(9)5-2-1-3-8-4-5/h1-7H,8H2,(H,21,22);1-4H,(H2,7,9). The van der Waals surface area contributed by atoms with Gasteiger partial charge in [-0.3, -0.25) is 23.9 Å². The number of amides is 1. The summed E-state index contributed by atoms with van der Waals surface area (Å²) < 4.78 is 26.4. The van der Waals surface area contributed by atoms with Crippen LogP contribution in [0.1, 0.15) is 10.4 Å². The van der Waals surface area contributed by atoms with Gasteiger partial charge in [-0.1, -0.05) is 23.2 Å². The first-order valence-corrected chi connectivity index (χ1v) is 12.0. The van der Waals surface area contributed by atoms with Gasteiger partial charge in [0.1, 0.15) is 6.54 Å². The van der Waals surface area contributed by atoms with Gasteiger partial charge in [-0.15, -0.1) is 3.97 Å². The topological polar surface area (TPSA) is 171 Å². The fourth-order valence-corrected chi connectivity index (χ4v) is 4.64. The summed E-state index contributed by atoms with van der Waals surface area (Å²) in [5.41, 5.74) is 2.87. The van der Waals surface area contributed by atoms with Crippen molar-refractivity contribution in [3.8, 4) is 0 Å². The van der Waals surface area contributed by atoms with Crippen molar-refractivity contribution in [2.24, 2.45) is 5.73 Å². The zero-order valence-corrected chi connectivity index (χ0v) is 20.4. The molecule has 36 heavy (non-hydrogen) atoms. The maximum atomic E-state index is 12.9. The van der Waals surface area contributed by atoms with Crippen LogP contribution >= 0.6 is 23.2 Å². The largest absolute Gasteiger partial charge is 0.480 e. The lowest BCUT2D eigenvalue weighted by Gasteiger charge is -2.13. The molecule has 2 aromatic heterocycles. The van der Waals surface area contributed by atoms with E-state index in [1.54, 1.807) is 18.3 Å². The monoisotopic (exact) mass is 550 g/mol. The lowest BCUT2D eigenvalue weighted by atomic mass is 10.2. The van der Waals surface area contributed by atoms with Crippen LogP contribution in [0.3, 0.4) is 0 Å². The maximum absolute atomic E-state index is 12.9. The average molecular weight is 551 g/mol. The van der Waals surface area contributed by atoms with Crippen LogP contribution in [0.25, 0.3) is 10.9 Å². The van der Waals surface area contributed by atoms with Crippen molar-refractivity contribution < 1.29 is 23.1 Å². The van der Waals surface area contributed by atoms with E-state index >= 15 is 0 Å². The van der Waals surface area contributed by atoms with Crippen LogP contribution in [0, 0.1) is 0 Å². The first kappa shape index (κ1) is 26.6. The summed E-state index contributed by atoms with van der Waals surface area (Å²) in [7, 11) is -4.59. The molecule has 2 heterocycles. The number of nitrogens with two attached hydrogens (primary N) is 1. The number of aliphatic carboxylic acids is 1. The maximum Gasteiger partial charge on any atom is 0.346 e. The van der Waals surface area contributed by atoms with Crippen LogP contribution in [0.5, 0.6) is 0 Å². The van der Waals surface area contributed by atoms with E-state index in [9.17, 15) is 27.6 Å². The molecule has 0 aliphatic carbocycles. The number of halogens is 2. The fourth-order valence-electron chi connectivity index (χ4n) is 3.04. The SMILES string of the molecule is NC(=O)c1cccnc1.O=C(O)Cn1c(=O)n(S(=O)(=O)c2ccc(Cl)cc2)c(=O)c2ccc(Cl)cc21. The number of rotatable bonds is 5. The molecular weight excluding hydrogens is 535 g/mol. The number of carboxylic acids is 1. The van der Waals surface area contributed by atoms with Gasteiger partial charge in [-0.05, 0) is 54.6 Å². The molecule has 3 N–H and O–H groups in total. The number of primary amides is 1. The first-order chi connectivity index (χ1) is 16.9. The zero-order chi connectivity index (χ0) is 26.6. The van der Waals surface area contributed by atoms with E-state index < -0.39 is 39.7 Å². The molecule has 0 saturated heterocycles. The Bertz CT molecular complexity index is 1680. The third-order valence-corrected chi connectivity index (χ3v) is 6.82. The molecule has 4 rings (SSSR count). The number of hydrogen-bond acceptors (Lipinski definition) is 7. The number of benzene rings is 2. The molecule has 11 nitrogen and oxygen atoms in total. The van der Waals surface area contributed by atoms with Crippen molar-refractivity contribution in [2.75, 3.05) is 0 Å². The Morgan fingerprint density at radius 3 is 2.17 bits per heavy atom. The van der Waals surface area contributed by atoms with Crippen LogP contribution < -0.4 is 17.0 Å². The number of aromatic nitrogens is 3. The minimum atomic E-state index is -4.59. The van der Waals surface area contributed by atoms with Crippen molar-refractivity contribution in [1.82, 2.24) is 13.5 Å². The van der Waals surface area contributed by atoms with Gasteiger partial charge in [0.25, 0.3) is 15.6 Å². The average Bonchev–Trinajstić information content (AvgIpc) is 2.82. The van der Waals surface area contributed by atoms with Gasteiger partial charge in [0.05, 0.1) is 21.4 Å². The Morgan fingerprint density at radius 1 is 1.00 bits per heavy atom. The molecule has 0 unspecified atom stereocenters. The van der Waals surface area contributed by atoms with E-state index in [2.05, 4.69) is 4.98 Å². The van der Waals surface area contributed by atoms with E-state index in [1.165, 1.54) is 36.5 Å². The Hall–Kier alpha value is -4.00. The number of carboxylic acid groups (broad SMARTS) is 1. The molecule has 0 fully saturated rings. The van der Waals surface area contributed by atoms with Crippen molar-refractivity contribution in [3.63, 3.8) is 0 Å². The molecule has 0 aliphatic heterocycles. The highest BCUT2D eigenvalue weighted by Crippen LogP contribution is 2.18. The van der Waals surface area contributed by atoms with Crippen molar-refractivity contribution in [3.05, 3.63) is 103 Å². The molecule has 0 radical (unpaired) electrons. The van der Waals surface area contributed by atoms with Crippen molar-refractivity contribution in [1.29, 1.82) is 0 Å². The van der Waals surface area contributed by atoms with Gasteiger partial charge in [-0.25, -0.2) is 13.2 Å². The van der Waals surface area contributed by atoms with E-state index in [0.29, 0.717) is 10.1 Å². The number of carbonyl (C=O) groups is 2.